The van der Waals surface area contributed by atoms with Crippen molar-refractivity contribution in [3.05, 3.63) is 178 Å². The van der Waals surface area contributed by atoms with Gasteiger partial charge < -0.3 is 34.3 Å². The highest BCUT2D eigenvalue weighted by Crippen LogP contribution is 2.44. The molecule has 8 heteroatoms. The Balaban J connectivity index is 1.38. The number of aliphatic carboxylic acids is 1. The highest BCUT2D eigenvalue weighted by Gasteiger charge is 2.60. The lowest BCUT2D eigenvalue weighted by Crippen LogP contribution is -2.68. The molecule has 0 bridgehead atoms. The van der Waals surface area contributed by atoms with Crippen LogP contribution in [0.1, 0.15) is 71.2 Å². The third-order valence-electron chi connectivity index (χ3n) is 10.2. The first-order valence-electron chi connectivity index (χ1n) is 19.0. The first kappa shape index (κ1) is 40.0. The number of carbonyl (C=O) groups is 1. The van der Waals surface area contributed by atoms with Crippen molar-refractivity contribution in [2.24, 2.45) is 0 Å². The average molecular weight is 745 g/mol. The van der Waals surface area contributed by atoms with Gasteiger partial charge in [-0.3, -0.25) is 4.79 Å². The minimum absolute atomic E-state index is 0.140. The Hall–Kier alpha value is -4.67. The van der Waals surface area contributed by atoms with Crippen molar-refractivity contribution in [1.82, 2.24) is 0 Å². The molecule has 5 aromatic rings. The first-order valence-corrected chi connectivity index (χ1v) is 19.0. The monoisotopic (exact) mass is 744 g/mol. The molecule has 0 spiro atoms. The van der Waals surface area contributed by atoms with Crippen molar-refractivity contribution >= 4 is 5.97 Å². The molecule has 1 heterocycles. The maximum Gasteiger partial charge on any atom is 0.303 e. The summed E-state index contributed by atoms with van der Waals surface area (Å²) >= 11 is 0. The fraction of sp³-hybridized carbons (Fsp3) is 0.340. The van der Waals surface area contributed by atoms with Gasteiger partial charge in [-0.2, -0.15) is 0 Å². The molecule has 5 atom stereocenters. The molecule has 8 nitrogen and oxygen atoms in total. The number of aliphatic hydroxyl groups is 2. The molecular weight excluding hydrogens is 693 g/mol. The molecule has 3 N–H and O–H groups in total. The SMILES string of the molecule is Cc1ccc([C@]2(O)O[C@H](C(C)(C)O)[C@@H](OCc3ccccc3)[C@H](OCc3ccccc3)[C@H]2OCc2ccccc2)cc1Cc1ccc(CCCC(=O)O)cc1. The van der Waals surface area contributed by atoms with E-state index < -0.39 is 41.8 Å². The van der Waals surface area contributed by atoms with Gasteiger partial charge in [-0.25, -0.2) is 0 Å². The maximum atomic E-state index is 13.1. The van der Waals surface area contributed by atoms with Crippen LogP contribution in [-0.2, 0) is 62.2 Å². The van der Waals surface area contributed by atoms with Gasteiger partial charge in [0.25, 0.3) is 0 Å². The molecule has 1 saturated heterocycles. The van der Waals surface area contributed by atoms with Gasteiger partial charge in [-0.1, -0.05) is 127 Å². The van der Waals surface area contributed by atoms with E-state index >= 15 is 0 Å². The van der Waals surface area contributed by atoms with Crippen LogP contribution >= 0.6 is 0 Å². The lowest BCUT2D eigenvalue weighted by Gasteiger charge is -2.53. The van der Waals surface area contributed by atoms with E-state index in [1.807, 2.05) is 128 Å². The highest BCUT2D eigenvalue weighted by atomic mass is 16.7. The Morgan fingerprint density at radius 3 is 1.73 bits per heavy atom. The van der Waals surface area contributed by atoms with Gasteiger partial charge in [0.05, 0.1) is 25.4 Å². The predicted octanol–water partition coefficient (Wildman–Crippen LogP) is 8.06. The number of aryl methyl sites for hydroxylation is 2. The average Bonchev–Trinajstić information content (AvgIpc) is 3.18. The molecule has 0 unspecified atom stereocenters. The van der Waals surface area contributed by atoms with Gasteiger partial charge in [-0.05, 0) is 85.0 Å². The van der Waals surface area contributed by atoms with E-state index in [9.17, 15) is 15.0 Å². The number of benzene rings is 5. The van der Waals surface area contributed by atoms with Crippen LogP contribution < -0.4 is 0 Å². The lowest BCUT2D eigenvalue weighted by molar-refractivity contribution is -0.391. The summed E-state index contributed by atoms with van der Waals surface area (Å²) in [5.41, 5.74) is 5.98. The van der Waals surface area contributed by atoms with Crippen molar-refractivity contribution in [3.63, 3.8) is 0 Å². The fourth-order valence-electron chi connectivity index (χ4n) is 7.11. The van der Waals surface area contributed by atoms with E-state index in [2.05, 4.69) is 12.1 Å². The second-order valence-electron chi connectivity index (χ2n) is 15.0. The molecule has 1 aliphatic heterocycles. The van der Waals surface area contributed by atoms with Crippen molar-refractivity contribution in [1.29, 1.82) is 0 Å². The smallest absolute Gasteiger partial charge is 0.303 e. The standard InChI is InChI=1S/C47H52O8/c1-33-22-27-40(29-39(33)28-35-25-23-34(24-26-35)20-13-21-41(48)49)47(51)45(54-32-38-18-11-6-12-19-38)43(53-31-37-16-9-5-10-17-37)42(44(55-47)46(2,3)50)52-30-36-14-7-4-8-15-36/h4-12,14-19,22-27,29,42-45,50-51H,13,20-21,28,30-32H2,1-3H3,(H,48,49)/t42-,43-,44-,45+,47-/m0/s1. The molecule has 0 saturated carbocycles. The molecule has 6 rings (SSSR count). The van der Waals surface area contributed by atoms with Gasteiger partial charge in [0, 0.05) is 12.0 Å². The van der Waals surface area contributed by atoms with E-state index in [1.165, 1.54) is 0 Å². The van der Waals surface area contributed by atoms with E-state index in [-0.39, 0.29) is 26.2 Å². The molecular formula is C47H52O8. The van der Waals surface area contributed by atoms with E-state index in [4.69, 9.17) is 24.1 Å². The Labute approximate surface area is 324 Å². The van der Waals surface area contributed by atoms with Crippen LogP contribution in [0.3, 0.4) is 0 Å². The Morgan fingerprint density at radius 1 is 0.691 bits per heavy atom. The van der Waals surface area contributed by atoms with Crippen LogP contribution in [-0.4, -0.2) is 51.3 Å². The summed E-state index contributed by atoms with van der Waals surface area (Å²) in [6, 6.07) is 43.3. The van der Waals surface area contributed by atoms with Crippen LogP contribution in [0.4, 0.5) is 0 Å². The van der Waals surface area contributed by atoms with E-state index in [0.29, 0.717) is 24.8 Å². The van der Waals surface area contributed by atoms with Crippen molar-refractivity contribution in [3.8, 4) is 0 Å². The third-order valence-corrected chi connectivity index (χ3v) is 10.2. The zero-order valence-electron chi connectivity index (χ0n) is 31.8. The quantitative estimate of drug-likeness (QED) is 0.0877. The van der Waals surface area contributed by atoms with Crippen molar-refractivity contribution in [2.45, 2.75) is 102 Å². The molecule has 1 aliphatic rings. The minimum atomic E-state index is -2.07. The maximum absolute atomic E-state index is 13.1. The normalized spacial score (nSPS) is 21.3. The Morgan fingerprint density at radius 2 is 1.20 bits per heavy atom. The predicted molar refractivity (Wildman–Crippen MR) is 211 cm³/mol. The zero-order valence-corrected chi connectivity index (χ0v) is 31.8. The van der Waals surface area contributed by atoms with E-state index in [1.54, 1.807) is 13.8 Å². The Kier molecular flexibility index (Phi) is 13.3. The summed E-state index contributed by atoms with van der Waals surface area (Å²) in [5, 5.41) is 33.9. The zero-order chi connectivity index (χ0) is 38.8. The molecule has 5 aromatic carbocycles. The summed E-state index contributed by atoms with van der Waals surface area (Å²) in [4.78, 5) is 11.0. The second kappa shape index (κ2) is 18.3. The number of carboxylic acid groups (broad SMARTS) is 1. The van der Waals surface area contributed by atoms with Crippen LogP contribution in [0.15, 0.2) is 133 Å². The number of rotatable bonds is 17. The summed E-state index contributed by atoms with van der Waals surface area (Å²) in [5.74, 6) is -2.86. The van der Waals surface area contributed by atoms with Gasteiger partial charge in [-0.15, -0.1) is 0 Å². The second-order valence-corrected chi connectivity index (χ2v) is 15.0. The fourth-order valence-corrected chi connectivity index (χ4v) is 7.11. The molecule has 0 aliphatic carbocycles. The van der Waals surface area contributed by atoms with Gasteiger partial charge in [0.1, 0.15) is 24.4 Å². The summed E-state index contributed by atoms with van der Waals surface area (Å²) in [7, 11) is 0. The van der Waals surface area contributed by atoms with Gasteiger partial charge >= 0.3 is 5.97 Å². The topological polar surface area (TPSA) is 115 Å². The molecule has 1 fully saturated rings. The summed E-state index contributed by atoms with van der Waals surface area (Å²) in [6.45, 7) is 5.95. The third kappa shape index (κ3) is 10.6. The summed E-state index contributed by atoms with van der Waals surface area (Å²) in [6.07, 6.45) is -1.84. The molecule has 0 aromatic heterocycles. The Bertz CT molecular complexity index is 1940. The van der Waals surface area contributed by atoms with Crippen LogP contribution in [0.5, 0.6) is 0 Å². The van der Waals surface area contributed by atoms with Crippen molar-refractivity contribution < 1.29 is 39.1 Å². The largest absolute Gasteiger partial charge is 0.481 e. The number of hydrogen-bond acceptors (Lipinski definition) is 7. The van der Waals surface area contributed by atoms with E-state index in [0.717, 1.165) is 38.9 Å². The summed E-state index contributed by atoms with van der Waals surface area (Å²) < 4.78 is 26.9. The molecule has 288 valence electrons. The highest BCUT2D eigenvalue weighted by molar-refractivity contribution is 5.66. The molecule has 0 radical (unpaired) electrons. The number of carboxylic acids is 1. The van der Waals surface area contributed by atoms with Crippen LogP contribution in [0, 0.1) is 6.92 Å². The molecule has 0 amide bonds. The minimum Gasteiger partial charge on any atom is -0.481 e. The van der Waals surface area contributed by atoms with Gasteiger partial charge in [0.2, 0.25) is 5.79 Å². The van der Waals surface area contributed by atoms with Crippen molar-refractivity contribution in [2.75, 3.05) is 0 Å². The number of hydrogen-bond donors (Lipinski definition) is 3. The van der Waals surface area contributed by atoms with Crippen LogP contribution in [0.2, 0.25) is 0 Å². The lowest BCUT2D eigenvalue weighted by atomic mass is 9.81. The van der Waals surface area contributed by atoms with Gasteiger partial charge in [0.15, 0.2) is 0 Å². The number of ether oxygens (including phenoxy) is 4. The van der Waals surface area contributed by atoms with Crippen LogP contribution in [0.25, 0.3) is 0 Å². The molecule has 55 heavy (non-hydrogen) atoms. The first-order chi connectivity index (χ1) is 26.5.